The van der Waals surface area contributed by atoms with E-state index in [1.54, 1.807) is 13.8 Å². The van der Waals surface area contributed by atoms with Crippen LogP contribution in [0.2, 0.25) is 0 Å². The quantitative estimate of drug-likeness (QED) is 0.808. The Morgan fingerprint density at radius 2 is 1.89 bits per heavy atom. The van der Waals surface area contributed by atoms with Crippen molar-refractivity contribution in [3.8, 4) is 0 Å². The predicted octanol–water partition coefficient (Wildman–Crippen LogP) is 0.537. The van der Waals surface area contributed by atoms with Crippen LogP contribution in [0.15, 0.2) is 6.20 Å². The summed E-state index contributed by atoms with van der Waals surface area (Å²) in [5.41, 5.74) is 10.5. The molecule has 0 aliphatic heterocycles. The molecule has 1 aromatic heterocycles. The van der Waals surface area contributed by atoms with Gasteiger partial charge in [-0.15, -0.1) is 0 Å². The van der Waals surface area contributed by atoms with Crippen LogP contribution in [0.5, 0.6) is 0 Å². The second kappa shape index (κ2) is 5.34. The topological polar surface area (TPSA) is 112 Å². The predicted molar refractivity (Wildman–Crippen MR) is 71.3 cm³/mol. The van der Waals surface area contributed by atoms with E-state index in [4.69, 9.17) is 11.5 Å². The molecule has 0 saturated carbocycles. The maximum absolute atomic E-state index is 11.5. The molecule has 4 N–H and O–H groups in total. The standard InChI is InChI=1S/C13H20N4O2/c1-7(2)5-8-6-16-9(11(14)18)10(17-8)13(3,4)12(15)19/h6-7H,5H2,1-4H3,(H2,14,18)(H2,15,19). The zero-order valence-electron chi connectivity index (χ0n) is 11.7. The Hall–Kier alpha value is -1.98. The molecule has 6 heteroatoms. The Balaban J connectivity index is 3.39. The van der Waals surface area contributed by atoms with Gasteiger partial charge < -0.3 is 11.5 Å². The van der Waals surface area contributed by atoms with Crippen molar-refractivity contribution in [1.29, 1.82) is 0 Å². The van der Waals surface area contributed by atoms with E-state index < -0.39 is 17.2 Å². The molecule has 2 amide bonds. The molecule has 0 bridgehead atoms. The maximum atomic E-state index is 11.5. The third-order valence-electron chi connectivity index (χ3n) is 2.88. The van der Waals surface area contributed by atoms with Crippen molar-refractivity contribution in [2.24, 2.45) is 17.4 Å². The van der Waals surface area contributed by atoms with Crippen LogP contribution in [-0.2, 0) is 16.6 Å². The fourth-order valence-corrected chi connectivity index (χ4v) is 1.68. The van der Waals surface area contributed by atoms with Crippen LogP contribution in [0.3, 0.4) is 0 Å². The third-order valence-corrected chi connectivity index (χ3v) is 2.88. The van der Waals surface area contributed by atoms with Crippen LogP contribution >= 0.6 is 0 Å². The molecule has 0 aliphatic rings. The highest BCUT2D eigenvalue weighted by molar-refractivity contribution is 5.95. The summed E-state index contributed by atoms with van der Waals surface area (Å²) in [7, 11) is 0. The molecule has 0 unspecified atom stereocenters. The van der Waals surface area contributed by atoms with E-state index in [1.165, 1.54) is 6.20 Å². The number of rotatable bonds is 5. The van der Waals surface area contributed by atoms with Crippen molar-refractivity contribution in [2.45, 2.75) is 39.5 Å². The molecule has 19 heavy (non-hydrogen) atoms. The summed E-state index contributed by atoms with van der Waals surface area (Å²) in [5, 5.41) is 0. The summed E-state index contributed by atoms with van der Waals surface area (Å²) in [6, 6.07) is 0. The number of hydrogen-bond acceptors (Lipinski definition) is 4. The first kappa shape index (κ1) is 15.1. The number of nitrogens with zero attached hydrogens (tertiary/aromatic N) is 2. The van der Waals surface area contributed by atoms with Crippen molar-refractivity contribution in [3.63, 3.8) is 0 Å². The van der Waals surface area contributed by atoms with E-state index in [0.717, 1.165) is 0 Å². The maximum Gasteiger partial charge on any atom is 0.269 e. The first-order valence-electron chi connectivity index (χ1n) is 6.12. The normalized spacial score (nSPS) is 11.6. The molecule has 0 spiro atoms. The summed E-state index contributed by atoms with van der Waals surface area (Å²) in [5.74, 6) is -0.905. The zero-order chi connectivity index (χ0) is 14.8. The van der Waals surface area contributed by atoms with E-state index in [9.17, 15) is 9.59 Å². The molecule has 1 rings (SSSR count). The van der Waals surface area contributed by atoms with Gasteiger partial charge in [0.2, 0.25) is 5.91 Å². The molecule has 0 aliphatic carbocycles. The molecule has 104 valence electrons. The van der Waals surface area contributed by atoms with Crippen molar-refractivity contribution in [1.82, 2.24) is 9.97 Å². The minimum Gasteiger partial charge on any atom is -0.369 e. The van der Waals surface area contributed by atoms with Crippen LogP contribution in [-0.4, -0.2) is 21.8 Å². The number of amides is 2. The van der Waals surface area contributed by atoms with Crippen molar-refractivity contribution >= 4 is 11.8 Å². The van der Waals surface area contributed by atoms with E-state index in [2.05, 4.69) is 9.97 Å². The van der Waals surface area contributed by atoms with Gasteiger partial charge in [-0.1, -0.05) is 13.8 Å². The van der Waals surface area contributed by atoms with E-state index in [0.29, 0.717) is 18.0 Å². The first-order chi connectivity index (χ1) is 8.66. The van der Waals surface area contributed by atoms with Gasteiger partial charge >= 0.3 is 0 Å². The van der Waals surface area contributed by atoms with E-state index in [-0.39, 0.29) is 11.4 Å². The Labute approximate surface area is 112 Å². The number of aromatic nitrogens is 2. The molecular formula is C13H20N4O2. The zero-order valence-corrected chi connectivity index (χ0v) is 11.7. The number of carbonyl (C=O) groups is 2. The molecule has 0 radical (unpaired) electrons. The average molecular weight is 264 g/mol. The largest absolute Gasteiger partial charge is 0.369 e. The minimum atomic E-state index is -1.09. The van der Waals surface area contributed by atoms with Gasteiger partial charge in [0.05, 0.1) is 16.8 Å². The Morgan fingerprint density at radius 1 is 1.32 bits per heavy atom. The first-order valence-corrected chi connectivity index (χ1v) is 6.12. The Kier molecular flexibility index (Phi) is 4.24. The van der Waals surface area contributed by atoms with Gasteiger partial charge in [-0.05, 0) is 26.2 Å². The van der Waals surface area contributed by atoms with Gasteiger partial charge in [-0.3, -0.25) is 14.6 Å². The number of hydrogen-bond donors (Lipinski definition) is 2. The van der Waals surface area contributed by atoms with Crippen LogP contribution in [0, 0.1) is 5.92 Å². The summed E-state index contributed by atoms with van der Waals surface area (Å²) < 4.78 is 0. The van der Waals surface area contributed by atoms with Crippen LogP contribution in [0.4, 0.5) is 0 Å². The summed E-state index contributed by atoms with van der Waals surface area (Å²) in [4.78, 5) is 31.3. The smallest absolute Gasteiger partial charge is 0.269 e. The second-order valence-electron chi connectivity index (χ2n) is 5.51. The molecule has 1 heterocycles. The number of carbonyl (C=O) groups excluding carboxylic acids is 2. The molecule has 0 aromatic carbocycles. The highest BCUT2D eigenvalue weighted by Gasteiger charge is 2.34. The van der Waals surface area contributed by atoms with Crippen LogP contribution in [0.1, 0.15) is 49.6 Å². The lowest BCUT2D eigenvalue weighted by Crippen LogP contribution is -2.39. The fourth-order valence-electron chi connectivity index (χ4n) is 1.68. The van der Waals surface area contributed by atoms with Crippen molar-refractivity contribution in [2.75, 3.05) is 0 Å². The van der Waals surface area contributed by atoms with Gasteiger partial charge in [0.1, 0.15) is 5.69 Å². The number of nitrogens with two attached hydrogens (primary N) is 2. The van der Waals surface area contributed by atoms with E-state index >= 15 is 0 Å². The summed E-state index contributed by atoms with van der Waals surface area (Å²) in [6.07, 6.45) is 2.22. The average Bonchev–Trinajstić information content (AvgIpc) is 2.27. The molecular weight excluding hydrogens is 244 g/mol. The van der Waals surface area contributed by atoms with Gasteiger partial charge in [-0.25, -0.2) is 4.98 Å². The highest BCUT2D eigenvalue weighted by Crippen LogP contribution is 2.24. The second-order valence-corrected chi connectivity index (χ2v) is 5.51. The molecule has 0 atom stereocenters. The van der Waals surface area contributed by atoms with Crippen LogP contribution in [0.25, 0.3) is 0 Å². The van der Waals surface area contributed by atoms with Crippen molar-refractivity contribution in [3.05, 3.63) is 23.3 Å². The molecule has 6 nitrogen and oxygen atoms in total. The lowest BCUT2D eigenvalue weighted by Gasteiger charge is -2.22. The van der Waals surface area contributed by atoms with Gasteiger partial charge in [-0.2, -0.15) is 0 Å². The van der Waals surface area contributed by atoms with Gasteiger partial charge in [0.25, 0.3) is 5.91 Å². The Morgan fingerprint density at radius 3 is 2.32 bits per heavy atom. The van der Waals surface area contributed by atoms with E-state index in [1.807, 2.05) is 13.8 Å². The lowest BCUT2D eigenvalue weighted by molar-refractivity contribution is -0.122. The highest BCUT2D eigenvalue weighted by atomic mass is 16.2. The van der Waals surface area contributed by atoms with Crippen LogP contribution < -0.4 is 11.5 Å². The Bertz CT molecular complexity index is 509. The summed E-state index contributed by atoms with van der Waals surface area (Å²) >= 11 is 0. The molecule has 1 aromatic rings. The SMILES string of the molecule is CC(C)Cc1cnc(C(N)=O)c(C(C)(C)C(N)=O)n1. The lowest BCUT2D eigenvalue weighted by atomic mass is 9.86. The minimum absolute atomic E-state index is 0.00342. The fraction of sp³-hybridized carbons (Fsp3) is 0.538. The van der Waals surface area contributed by atoms with Gasteiger partial charge in [0, 0.05) is 6.20 Å². The van der Waals surface area contributed by atoms with Gasteiger partial charge in [0.15, 0.2) is 0 Å². The summed E-state index contributed by atoms with van der Waals surface area (Å²) in [6.45, 7) is 7.29. The third kappa shape index (κ3) is 3.27. The number of primary amides is 2. The molecule has 0 fully saturated rings. The monoisotopic (exact) mass is 264 g/mol. The molecule has 0 saturated heterocycles. The van der Waals surface area contributed by atoms with Crippen molar-refractivity contribution < 1.29 is 9.59 Å².